The van der Waals surface area contributed by atoms with E-state index in [1.807, 2.05) is 13.8 Å². The lowest BCUT2D eigenvalue weighted by molar-refractivity contribution is -0.162. The number of carbonyl (C=O) groups excluding carboxylic acids is 3. The van der Waals surface area contributed by atoms with Gasteiger partial charge in [0.25, 0.3) is 0 Å². The lowest BCUT2D eigenvalue weighted by atomic mass is 10.0. The van der Waals surface area contributed by atoms with Crippen molar-refractivity contribution in [1.82, 2.24) is 5.32 Å². The Morgan fingerprint density at radius 3 is 2.21 bits per heavy atom. The van der Waals surface area contributed by atoms with Crippen LogP contribution in [0, 0.1) is 5.92 Å². The van der Waals surface area contributed by atoms with E-state index in [-0.39, 0.29) is 18.8 Å². The van der Waals surface area contributed by atoms with Crippen LogP contribution in [0.2, 0.25) is 0 Å². The highest BCUT2D eigenvalue weighted by molar-refractivity contribution is 5.91. The molecule has 0 aromatic heterocycles. The topological polar surface area (TPSA) is 125 Å². The summed E-state index contributed by atoms with van der Waals surface area (Å²) in [5, 5.41) is 2.79. The average molecular weight is 273 g/mol. The van der Waals surface area contributed by atoms with Crippen molar-refractivity contribution in [3.8, 4) is 0 Å². The number of carbonyl (C=O) groups is 3. The highest BCUT2D eigenvalue weighted by Gasteiger charge is 2.25. The van der Waals surface area contributed by atoms with Gasteiger partial charge in [0.05, 0.1) is 0 Å². The van der Waals surface area contributed by atoms with Gasteiger partial charge in [-0.05, 0) is 25.8 Å². The molecule has 0 saturated heterocycles. The number of hydrogen-bond donors (Lipinski definition) is 3. The molecule has 0 fully saturated rings. The fraction of sp³-hybridized carbons (Fsp3) is 0.750. The van der Waals surface area contributed by atoms with Gasteiger partial charge in [-0.25, -0.2) is 9.59 Å². The highest BCUT2D eigenvalue weighted by atomic mass is 16.6. The van der Waals surface area contributed by atoms with Crippen molar-refractivity contribution in [2.75, 3.05) is 7.05 Å². The second-order valence-electron chi connectivity index (χ2n) is 4.82. The Bertz CT molecular complexity index is 331. The van der Waals surface area contributed by atoms with Gasteiger partial charge in [0.1, 0.15) is 12.1 Å². The van der Waals surface area contributed by atoms with E-state index in [0.29, 0.717) is 6.42 Å². The third kappa shape index (κ3) is 7.53. The van der Waals surface area contributed by atoms with Gasteiger partial charge in [-0.15, -0.1) is 0 Å². The van der Waals surface area contributed by atoms with E-state index < -0.39 is 29.9 Å². The van der Waals surface area contributed by atoms with Crippen molar-refractivity contribution < 1.29 is 19.1 Å². The summed E-state index contributed by atoms with van der Waals surface area (Å²) >= 11 is 0. The summed E-state index contributed by atoms with van der Waals surface area (Å²) in [5.41, 5.74) is 10.4. The van der Waals surface area contributed by atoms with Crippen molar-refractivity contribution in [2.45, 2.75) is 45.2 Å². The number of nitrogens with one attached hydrogen (secondary N) is 1. The number of nitrogens with two attached hydrogens (primary N) is 2. The normalized spacial score (nSPS) is 13.9. The van der Waals surface area contributed by atoms with Crippen LogP contribution in [-0.2, 0) is 19.1 Å². The number of likely N-dealkylation sites (N-methyl/N-ethyl adjacent to an activating group) is 1. The Morgan fingerprint density at radius 1 is 1.21 bits per heavy atom. The van der Waals surface area contributed by atoms with E-state index in [1.54, 1.807) is 7.05 Å². The summed E-state index contributed by atoms with van der Waals surface area (Å²) in [6.45, 7) is 3.91. The molecule has 0 saturated carbocycles. The summed E-state index contributed by atoms with van der Waals surface area (Å²) in [6.07, 6.45) is 0.598. The van der Waals surface area contributed by atoms with E-state index in [4.69, 9.17) is 11.5 Å². The summed E-state index contributed by atoms with van der Waals surface area (Å²) < 4.78 is 4.68. The van der Waals surface area contributed by atoms with Crippen LogP contribution in [0.3, 0.4) is 0 Å². The zero-order chi connectivity index (χ0) is 15.0. The quantitative estimate of drug-likeness (QED) is 0.396. The second kappa shape index (κ2) is 8.60. The molecule has 0 rings (SSSR count). The maximum absolute atomic E-state index is 11.7. The van der Waals surface area contributed by atoms with E-state index in [9.17, 15) is 14.4 Å². The van der Waals surface area contributed by atoms with Crippen LogP contribution < -0.4 is 16.8 Å². The molecule has 0 aromatic carbocycles. The Kier molecular flexibility index (Phi) is 7.94. The lowest BCUT2D eigenvalue weighted by Gasteiger charge is -2.17. The predicted octanol–water partition coefficient (Wildman–Crippen LogP) is -0.717. The largest absolute Gasteiger partial charge is 0.391 e. The van der Waals surface area contributed by atoms with Gasteiger partial charge < -0.3 is 21.5 Å². The van der Waals surface area contributed by atoms with Crippen LogP contribution >= 0.6 is 0 Å². The molecule has 1 amide bonds. The molecular weight excluding hydrogens is 250 g/mol. The Labute approximate surface area is 113 Å². The Morgan fingerprint density at radius 2 is 1.79 bits per heavy atom. The molecule has 0 radical (unpaired) electrons. The average Bonchev–Trinajstić information content (AvgIpc) is 2.32. The van der Waals surface area contributed by atoms with Crippen LogP contribution in [0.1, 0.15) is 33.1 Å². The van der Waals surface area contributed by atoms with E-state index in [0.717, 1.165) is 0 Å². The number of esters is 2. The fourth-order valence-electron chi connectivity index (χ4n) is 1.46. The number of rotatable bonds is 8. The van der Waals surface area contributed by atoms with Crippen molar-refractivity contribution in [1.29, 1.82) is 0 Å². The third-order valence-electron chi connectivity index (χ3n) is 2.55. The standard InChI is InChI=1S/C12H23N3O4/c1-7(2)6-9(15-3)12(18)19-11(17)8(13)4-5-10(14)16/h7-9,15H,4-6,13H2,1-3H3,(H2,14,16). The van der Waals surface area contributed by atoms with E-state index in [1.165, 1.54) is 0 Å². The van der Waals surface area contributed by atoms with Gasteiger partial charge in [-0.2, -0.15) is 0 Å². The summed E-state index contributed by atoms with van der Waals surface area (Å²) in [7, 11) is 1.62. The number of ether oxygens (including phenoxy) is 1. The molecule has 7 nitrogen and oxygen atoms in total. The minimum absolute atomic E-state index is 0.0219. The first kappa shape index (κ1) is 17.5. The zero-order valence-electron chi connectivity index (χ0n) is 11.6. The second-order valence-corrected chi connectivity index (χ2v) is 4.82. The van der Waals surface area contributed by atoms with Gasteiger partial charge in [-0.3, -0.25) is 4.79 Å². The Hall–Kier alpha value is -1.47. The predicted molar refractivity (Wildman–Crippen MR) is 69.8 cm³/mol. The molecule has 0 aliphatic carbocycles. The van der Waals surface area contributed by atoms with E-state index in [2.05, 4.69) is 10.1 Å². The van der Waals surface area contributed by atoms with Gasteiger partial charge in [-0.1, -0.05) is 13.8 Å². The Balaban J connectivity index is 4.29. The first-order valence-corrected chi connectivity index (χ1v) is 6.24. The first-order chi connectivity index (χ1) is 8.77. The van der Waals surface area contributed by atoms with Gasteiger partial charge in [0.2, 0.25) is 5.91 Å². The molecule has 7 heteroatoms. The van der Waals surface area contributed by atoms with Crippen LogP contribution in [0.5, 0.6) is 0 Å². The van der Waals surface area contributed by atoms with Gasteiger partial charge in [0.15, 0.2) is 0 Å². The molecule has 0 aliphatic rings. The minimum Gasteiger partial charge on any atom is -0.391 e. The van der Waals surface area contributed by atoms with Crippen molar-refractivity contribution in [2.24, 2.45) is 17.4 Å². The molecule has 0 aliphatic heterocycles. The zero-order valence-corrected chi connectivity index (χ0v) is 11.6. The van der Waals surface area contributed by atoms with Crippen LogP contribution in [-0.4, -0.2) is 37.0 Å². The van der Waals surface area contributed by atoms with Crippen LogP contribution in [0.25, 0.3) is 0 Å². The SMILES string of the molecule is CNC(CC(C)C)C(=O)OC(=O)C(N)CCC(N)=O. The smallest absolute Gasteiger partial charge is 0.330 e. The molecule has 0 aromatic rings. The van der Waals surface area contributed by atoms with Crippen molar-refractivity contribution >= 4 is 17.8 Å². The molecule has 110 valence electrons. The molecule has 2 atom stereocenters. The summed E-state index contributed by atoms with van der Waals surface area (Å²) in [5.74, 6) is -1.77. The maximum atomic E-state index is 11.7. The number of primary amides is 1. The number of hydrogen-bond acceptors (Lipinski definition) is 6. The monoisotopic (exact) mass is 273 g/mol. The van der Waals surface area contributed by atoms with Gasteiger partial charge in [0, 0.05) is 6.42 Å². The molecule has 0 heterocycles. The summed E-state index contributed by atoms with van der Waals surface area (Å²) in [6, 6.07) is -1.57. The van der Waals surface area contributed by atoms with Crippen LogP contribution in [0.15, 0.2) is 0 Å². The van der Waals surface area contributed by atoms with E-state index >= 15 is 0 Å². The number of amides is 1. The molecule has 0 spiro atoms. The van der Waals surface area contributed by atoms with Crippen molar-refractivity contribution in [3.05, 3.63) is 0 Å². The molecule has 19 heavy (non-hydrogen) atoms. The fourth-order valence-corrected chi connectivity index (χ4v) is 1.46. The van der Waals surface area contributed by atoms with Gasteiger partial charge >= 0.3 is 11.9 Å². The molecular formula is C12H23N3O4. The van der Waals surface area contributed by atoms with Crippen LogP contribution in [0.4, 0.5) is 0 Å². The molecule has 5 N–H and O–H groups in total. The lowest BCUT2D eigenvalue weighted by Crippen LogP contribution is -2.41. The highest BCUT2D eigenvalue weighted by Crippen LogP contribution is 2.07. The first-order valence-electron chi connectivity index (χ1n) is 6.24. The maximum Gasteiger partial charge on any atom is 0.330 e. The van der Waals surface area contributed by atoms with Crippen molar-refractivity contribution in [3.63, 3.8) is 0 Å². The molecule has 2 unspecified atom stereocenters. The molecule has 0 bridgehead atoms. The third-order valence-corrected chi connectivity index (χ3v) is 2.55. The summed E-state index contributed by atoms with van der Waals surface area (Å²) in [4.78, 5) is 33.8. The minimum atomic E-state index is -1.02.